The summed E-state index contributed by atoms with van der Waals surface area (Å²) in [6, 6.07) is 4.31. The van der Waals surface area contributed by atoms with E-state index in [-0.39, 0.29) is 6.04 Å². The Morgan fingerprint density at radius 3 is 2.78 bits per heavy atom. The zero-order chi connectivity index (χ0) is 12.8. The van der Waals surface area contributed by atoms with Gasteiger partial charge < -0.3 is 5.32 Å². The maximum atomic E-state index is 4.13. The Labute approximate surface area is 107 Å². The Balaban J connectivity index is 2.15. The van der Waals surface area contributed by atoms with E-state index in [0.717, 1.165) is 25.1 Å². The zero-order valence-corrected chi connectivity index (χ0v) is 10.9. The van der Waals surface area contributed by atoms with Crippen molar-refractivity contribution >= 4 is 0 Å². The lowest BCUT2D eigenvalue weighted by molar-refractivity contribution is 0.490. The third-order valence-electron chi connectivity index (χ3n) is 2.98. The van der Waals surface area contributed by atoms with Crippen molar-refractivity contribution in [3.05, 3.63) is 42.0 Å². The molecular weight excluding hydrogens is 226 g/mol. The molecule has 5 nitrogen and oxygen atoms in total. The quantitative estimate of drug-likeness (QED) is 0.839. The average Bonchev–Trinajstić information content (AvgIpc) is 2.86. The van der Waals surface area contributed by atoms with E-state index in [4.69, 9.17) is 0 Å². The highest BCUT2D eigenvalue weighted by Gasteiger charge is 2.15. The lowest BCUT2D eigenvalue weighted by Crippen LogP contribution is -2.22. The number of nitrogens with one attached hydrogen (secondary N) is 1. The van der Waals surface area contributed by atoms with Crippen molar-refractivity contribution in [1.82, 2.24) is 25.3 Å². The summed E-state index contributed by atoms with van der Waals surface area (Å²) in [7, 11) is 1.97. The Morgan fingerprint density at radius 2 is 2.11 bits per heavy atom. The highest BCUT2D eigenvalue weighted by Crippen LogP contribution is 2.16. The summed E-state index contributed by atoms with van der Waals surface area (Å²) in [5.41, 5.74) is 2.39. The highest BCUT2D eigenvalue weighted by atomic mass is 15.4. The molecule has 2 rings (SSSR count). The molecule has 0 saturated heterocycles. The molecule has 0 aliphatic rings. The molecule has 5 heteroatoms. The normalized spacial score (nSPS) is 12.6. The number of nitrogens with zero attached hydrogens (tertiary/aromatic N) is 4. The molecular formula is C13H19N5. The molecule has 0 spiro atoms. The molecule has 0 aliphatic carbocycles. The van der Waals surface area contributed by atoms with Crippen LogP contribution in [0.5, 0.6) is 0 Å². The summed E-state index contributed by atoms with van der Waals surface area (Å²) < 4.78 is 1.97. The minimum Gasteiger partial charge on any atom is -0.311 e. The summed E-state index contributed by atoms with van der Waals surface area (Å²) in [5, 5.41) is 11.5. The molecule has 2 heterocycles. The summed E-state index contributed by atoms with van der Waals surface area (Å²) in [5.74, 6) is 0. The molecule has 0 amide bonds. The maximum Gasteiger partial charge on any atom is 0.0759 e. The monoisotopic (exact) mass is 245 g/mol. The van der Waals surface area contributed by atoms with Crippen LogP contribution in [0.3, 0.4) is 0 Å². The molecule has 96 valence electrons. The van der Waals surface area contributed by atoms with E-state index in [1.807, 2.05) is 42.5 Å². The summed E-state index contributed by atoms with van der Waals surface area (Å²) >= 11 is 0. The van der Waals surface area contributed by atoms with Gasteiger partial charge >= 0.3 is 0 Å². The van der Waals surface area contributed by atoms with Crippen molar-refractivity contribution < 1.29 is 0 Å². The van der Waals surface area contributed by atoms with Gasteiger partial charge in [-0.05, 0) is 37.6 Å². The van der Waals surface area contributed by atoms with E-state index in [1.54, 1.807) is 0 Å². The van der Waals surface area contributed by atoms with E-state index in [0.29, 0.717) is 0 Å². The first-order valence-electron chi connectivity index (χ1n) is 6.29. The number of aromatic nitrogens is 4. The van der Waals surface area contributed by atoms with Gasteiger partial charge in [-0.15, -0.1) is 5.10 Å². The minimum atomic E-state index is 0.231. The predicted molar refractivity (Wildman–Crippen MR) is 70.1 cm³/mol. The molecule has 0 bridgehead atoms. The van der Waals surface area contributed by atoms with Gasteiger partial charge in [-0.2, -0.15) is 0 Å². The third-order valence-corrected chi connectivity index (χ3v) is 2.98. The first-order valence-corrected chi connectivity index (χ1v) is 6.29. The number of likely N-dealkylation sites (N-methyl/N-ethyl adjacent to an activating group) is 1. The fourth-order valence-corrected chi connectivity index (χ4v) is 2.03. The topological polar surface area (TPSA) is 55.6 Å². The van der Waals surface area contributed by atoms with E-state index in [1.165, 1.54) is 5.56 Å². The fraction of sp³-hybridized carbons (Fsp3) is 0.462. The molecule has 0 aliphatic heterocycles. The van der Waals surface area contributed by atoms with E-state index >= 15 is 0 Å². The maximum absolute atomic E-state index is 4.13. The van der Waals surface area contributed by atoms with Crippen molar-refractivity contribution in [2.45, 2.75) is 32.4 Å². The van der Waals surface area contributed by atoms with Crippen molar-refractivity contribution in [2.75, 3.05) is 7.05 Å². The second-order valence-corrected chi connectivity index (χ2v) is 4.28. The van der Waals surface area contributed by atoms with Crippen LogP contribution in [0.1, 0.15) is 30.6 Å². The van der Waals surface area contributed by atoms with E-state index in [9.17, 15) is 0 Å². The Morgan fingerprint density at radius 1 is 1.33 bits per heavy atom. The highest BCUT2D eigenvalue weighted by molar-refractivity contribution is 5.15. The van der Waals surface area contributed by atoms with Crippen LogP contribution in [-0.2, 0) is 13.0 Å². The summed E-state index contributed by atoms with van der Waals surface area (Å²) in [4.78, 5) is 4.04. The molecule has 1 N–H and O–H groups in total. The largest absolute Gasteiger partial charge is 0.311 e. The third kappa shape index (κ3) is 2.92. The number of hydrogen-bond donors (Lipinski definition) is 1. The summed E-state index contributed by atoms with van der Waals surface area (Å²) in [6.07, 6.45) is 7.46. The van der Waals surface area contributed by atoms with E-state index in [2.05, 4.69) is 27.5 Å². The first kappa shape index (κ1) is 12.7. The van der Waals surface area contributed by atoms with Crippen LogP contribution in [0, 0.1) is 0 Å². The van der Waals surface area contributed by atoms with Crippen LogP contribution in [0.15, 0.2) is 30.7 Å². The Hall–Kier alpha value is -1.75. The predicted octanol–water partition coefficient (Wildman–Crippen LogP) is 1.59. The van der Waals surface area contributed by atoms with Gasteiger partial charge in [0.25, 0.3) is 0 Å². The van der Waals surface area contributed by atoms with Crippen LogP contribution in [-0.4, -0.2) is 27.0 Å². The van der Waals surface area contributed by atoms with E-state index < -0.39 is 0 Å². The number of pyridine rings is 1. The van der Waals surface area contributed by atoms with Gasteiger partial charge in [0.15, 0.2) is 0 Å². The molecule has 2 aromatic heterocycles. The second kappa shape index (κ2) is 6.26. The van der Waals surface area contributed by atoms with Crippen LogP contribution in [0.4, 0.5) is 0 Å². The Bertz CT molecular complexity index is 465. The minimum absolute atomic E-state index is 0.231. The van der Waals surface area contributed by atoms with Crippen LogP contribution >= 0.6 is 0 Å². The fourth-order valence-electron chi connectivity index (χ4n) is 2.03. The lowest BCUT2D eigenvalue weighted by atomic mass is 10.0. The number of rotatable bonds is 6. The lowest BCUT2D eigenvalue weighted by Gasteiger charge is -2.17. The van der Waals surface area contributed by atoms with Gasteiger partial charge in [0.05, 0.1) is 17.9 Å². The molecule has 0 saturated carbocycles. The van der Waals surface area contributed by atoms with Gasteiger partial charge in [0.2, 0.25) is 0 Å². The van der Waals surface area contributed by atoms with Crippen molar-refractivity contribution in [3.8, 4) is 0 Å². The molecule has 0 radical (unpaired) electrons. The van der Waals surface area contributed by atoms with Crippen molar-refractivity contribution in [2.24, 2.45) is 0 Å². The molecule has 18 heavy (non-hydrogen) atoms. The number of aryl methyl sites for hydroxylation is 1. The molecule has 0 aromatic carbocycles. The molecule has 1 unspecified atom stereocenters. The standard InChI is InChI=1S/C13H19N5/c1-3-8-18-13(10-16-17-18)12(14-2)9-11-4-6-15-7-5-11/h4-7,10,12,14H,3,8-9H2,1-2H3. The Kier molecular flexibility index (Phi) is 4.41. The average molecular weight is 245 g/mol. The molecule has 1 atom stereocenters. The zero-order valence-electron chi connectivity index (χ0n) is 10.9. The smallest absolute Gasteiger partial charge is 0.0759 e. The van der Waals surface area contributed by atoms with Gasteiger partial charge in [-0.1, -0.05) is 12.1 Å². The van der Waals surface area contributed by atoms with Gasteiger partial charge in [0.1, 0.15) is 0 Å². The van der Waals surface area contributed by atoms with Crippen molar-refractivity contribution in [1.29, 1.82) is 0 Å². The SMILES string of the molecule is CCCn1nncc1C(Cc1ccncc1)NC. The summed E-state index contributed by atoms with van der Waals surface area (Å²) in [6.45, 7) is 3.05. The number of hydrogen-bond acceptors (Lipinski definition) is 4. The van der Waals surface area contributed by atoms with Gasteiger partial charge in [-0.3, -0.25) is 4.98 Å². The molecule has 2 aromatic rings. The van der Waals surface area contributed by atoms with Gasteiger partial charge in [0, 0.05) is 18.9 Å². The second-order valence-electron chi connectivity index (χ2n) is 4.28. The van der Waals surface area contributed by atoms with Crippen LogP contribution in [0.2, 0.25) is 0 Å². The molecule has 0 fully saturated rings. The van der Waals surface area contributed by atoms with Gasteiger partial charge in [-0.25, -0.2) is 4.68 Å². The van der Waals surface area contributed by atoms with Crippen LogP contribution < -0.4 is 5.32 Å². The van der Waals surface area contributed by atoms with Crippen molar-refractivity contribution in [3.63, 3.8) is 0 Å². The first-order chi connectivity index (χ1) is 8.85. The van der Waals surface area contributed by atoms with Crippen LogP contribution in [0.25, 0.3) is 0 Å².